The van der Waals surface area contributed by atoms with Crippen molar-refractivity contribution in [3.8, 4) is 0 Å². The number of anilines is 1. The van der Waals surface area contributed by atoms with Gasteiger partial charge in [-0.1, -0.05) is 18.2 Å². The zero-order valence-corrected chi connectivity index (χ0v) is 17.5. The first kappa shape index (κ1) is 19.3. The monoisotopic (exact) mass is 392 g/mol. The molecule has 2 aromatic carbocycles. The molecule has 2 N–H and O–H groups in total. The molecule has 0 spiro atoms. The maximum absolute atomic E-state index is 12.8. The van der Waals surface area contributed by atoms with Crippen molar-refractivity contribution < 1.29 is 9.59 Å². The average molecular weight is 393 g/mol. The number of hydrogen-bond acceptors (Lipinski definition) is 2. The molecule has 3 aromatic rings. The highest BCUT2D eigenvalue weighted by atomic mass is 16.2. The van der Waals surface area contributed by atoms with Crippen LogP contribution in [0.25, 0.3) is 21.8 Å². The smallest absolute Gasteiger partial charge is 0.321 e. The Morgan fingerprint density at radius 2 is 1.86 bits per heavy atom. The summed E-state index contributed by atoms with van der Waals surface area (Å²) in [5.74, 6) is -0.0555. The Balaban J connectivity index is 1.66. The summed E-state index contributed by atoms with van der Waals surface area (Å²) in [4.78, 5) is 25.8. The number of amides is 3. The van der Waals surface area contributed by atoms with Crippen molar-refractivity contribution in [1.82, 2.24) is 14.8 Å². The molecule has 1 aliphatic heterocycles. The summed E-state index contributed by atoms with van der Waals surface area (Å²) < 4.78 is 2.35. The number of likely N-dealkylation sites (tertiary alicyclic amines) is 1. The van der Waals surface area contributed by atoms with Gasteiger partial charge in [0.2, 0.25) is 5.91 Å². The van der Waals surface area contributed by atoms with E-state index in [4.69, 9.17) is 0 Å². The van der Waals surface area contributed by atoms with E-state index in [1.807, 2.05) is 6.07 Å². The normalized spacial score (nSPS) is 16.7. The van der Waals surface area contributed by atoms with Gasteiger partial charge in [0.05, 0.1) is 0 Å². The molecular weight excluding hydrogens is 364 g/mol. The van der Waals surface area contributed by atoms with E-state index in [9.17, 15) is 9.59 Å². The fourth-order valence-corrected chi connectivity index (χ4v) is 4.50. The van der Waals surface area contributed by atoms with Crippen molar-refractivity contribution >= 4 is 39.4 Å². The Kier molecular flexibility index (Phi) is 4.94. The maximum Gasteiger partial charge on any atom is 0.321 e. The van der Waals surface area contributed by atoms with Crippen LogP contribution in [0.3, 0.4) is 0 Å². The van der Waals surface area contributed by atoms with Crippen LogP contribution in [0.1, 0.15) is 38.8 Å². The molecule has 2 heterocycles. The van der Waals surface area contributed by atoms with Crippen LogP contribution in [-0.2, 0) is 4.79 Å². The molecule has 29 heavy (non-hydrogen) atoms. The molecule has 3 amide bonds. The van der Waals surface area contributed by atoms with Gasteiger partial charge in [0.1, 0.15) is 0 Å². The van der Waals surface area contributed by atoms with Crippen LogP contribution < -0.4 is 10.6 Å². The molecule has 1 fully saturated rings. The molecule has 0 bridgehead atoms. The molecule has 1 atom stereocenters. The van der Waals surface area contributed by atoms with Crippen molar-refractivity contribution in [1.29, 1.82) is 0 Å². The lowest BCUT2D eigenvalue weighted by Crippen LogP contribution is -2.38. The van der Waals surface area contributed by atoms with E-state index in [0.29, 0.717) is 19.1 Å². The molecule has 152 valence electrons. The van der Waals surface area contributed by atoms with E-state index >= 15 is 0 Å². The summed E-state index contributed by atoms with van der Waals surface area (Å²) in [6.45, 7) is 9.14. The number of urea groups is 1. The van der Waals surface area contributed by atoms with Gasteiger partial charge in [-0.2, -0.15) is 0 Å². The summed E-state index contributed by atoms with van der Waals surface area (Å²) in [5.41, 5.74) is 4.30. The Hall–Kier alpha value is -3.02. The largest absolute Gasteiger partial charge is 0.352 e. The minimum Gasteiger partial charge on any atom is -0.352 e. The molecule has 4 rings (SSSR count). The second-order valence-electron chi connectivity index (χ2n) is 8.18. The van der Waals surface area contributed by atoms with E-state index < -0.39 is 0 Å². The van der Waals surface area contributed by atoms with Gasteiger partial charge in [-0.25, -0.2) is 4.79 Å². The van der Waals surface area contributed by atoms with E-state index in [2.05, 4.69) is 66.3 Å². The Bertz CT molecular complexity index is 1100. The predicted octanol–water partition coefficient (Wildman–Crippen LogP) is 4.43. The van der Waals surface area contributed by atoms with Gasteiger partial charge in [0, 0.05) is 59.6 Å². The third kappa shape index (κ3) is 3.43. The fourth-order valence-electron chi connectivity index (χ4n) is 4.50. The second-order valence-corrected chi connectivity index (χ2v) is 8.18. The number of carbonyl (C=O) groups excluding carboxylic acids is 2. The molecule has 6 heteroatoms. The first-order valence-corrected chi connectivity index (χ1v) is 10.2. The fraction of sp³-hybridized carbons (Fsp3) is 0.391. The number of aryl methyl sites for hydroxylation is 1. The van der Waals surface area contributed by atoms with Crippen LogP contribution in [0, 0.1) is 6.92 Å². The van der Waals surface area contributed by atoms with Gasteiger partial charge in [-0.15, -0.1) is 0 Å². The van der Waals surface area contributed by atoms with Crippen molar-refractivity contribution in [2.45, 2.75) is 46.2 Å². The van der Waals surface area contributed by atoms with Crippen molar-refractivity contribution in [3.05, 3.63) is 42.0 Å². The molecular formula is C23H28N4O2. The minimum absolute atomic E-state index is 0.0332. The summed E-state index contributed by atoms with van der Waals surface area (Å²) in [6.07, 6.45) is 0.785. The maximum atomic E-state index is 12.8. The third-order valence-electron chi connectivity index (χ3n) is 5.78. The Labute approximate surface area is 170 Å². The zero-order valence-electron chi connectivity index (χ0n) is 17.5. The highest BCUT2D eigenvalue weighted by Gasteiger charge is 2.27. The minimum atomic E-state index is -0.118. The van der Waals surface area contributed by atoms with Crippen LogP contribution in [0.5, 0.6) is 0 Å². The predicted molar refractivity (Wildman–Crippen MR) is 117 cm³/mol. The number of rotatable bonds is 3. The van der Waals surface area contributed by atoms with Gasteiger partial charge in [-0.05, 0) is 51.0 Å². The quantitative estimate of drug-likeness (QED) is 0.693. The zero-order chi connectivity index (χ0) is 20.7. The first-order chi connectivity index (χ1) is 13.9. The van der Waals surface area contributed by atoms with Gasteiger partial charge in [0.15, 0.2) is 0 Å². The molecule has 0 aliphatic carbocycles. The van der Waals surface area contributed by atoms with E-state index in [-0.39, 0.29) is 18.0 Å². The van der Waals surface area contributed by atoms with Gasteiger partial charge in [0.25, 0.3) is 0 Å². The van der Waals surface area contributed by atoms with Crippen molar-refractivity contribution in [3.63, 3.8) is 0 Å². The molecule has 0 radical (unpaired) electrons. The van der Waals surface area contributed by atoms with Crippen LogP contribution >= 0.6 is 0 Å². The molecule has 1 unspecified atom stereocenters. The van der Waals surface area contributed by atoms with Crippen LogP contribution in [0.4, 0.5) is 10.5 Å². The standard InChI is InChI=1S/C23H28N4O2/c1-14(2)27-20-8-6-5-7-18(20)22-15(3)19(9-10-21(22)27)25-23(29)26-12-11-17(13-26)24-16(4)28/h5-10,14,17H,11-13H2,1-4H3,(H,24,28)(H,25,29). The van der Waals surface area contributed by atoms with Crippen LogP contribution in [0.15, 0.2) is 36.4 Å². The number of hydrogen-bond donors (Lipinski definition) is 2. The highest BCUT2D eigenvalue weighted by molar-refractivity contribution is 6.12. The average Bonchev–Trinajstić information content (AvgIpc) is 3.26. The number of nitrogens with one attached hydrogen (secondary N) is 2. The number of benzene rings is 2. The van der Waals surface area contributed by atoms with Gasteiger partial charge < -0.3 is 20.1 Å². The number of carbonyl (C=O) groups is 2. The summed E-state index contributed by atoms with van der Waals surface area (Å²) in [5, 5.41) is 8.37. The number of aromatic nitrogens is 1. The van der Waals surface area contributed by atoms with E-state index in [1.54, 1.807) is 4.90 Å². The van der Waals surface area contributed by atoms with Crippen LogP contribution in [0.2, 0.25) is 0 Å². The molecule has 1 saturated heterocycles. The third-order valence-corrected chi connectivity index (χ3v) is 5.78. The molecule has 6 nitrogen and oxygen atoms in total. The summed E-state index contributed by atoms with van der Waals surface area (Å²) >= 11 is 0. The number of fused-ring (bicyclic) bond motifs is 3. The highest BCUT2D eigenvalue weighted by Crippen LogP contribution is 2.36. The lowest BCUT2D eigenvalue weighted by molar-refractivity contribution is -0.119. The second kappa shape index (κ2) is 7.43. The Morgan fingerprint density at radius 3 is 2.59 bits per heavy atom. The van der Waals surface area contributed by atoms with E-state index in [1.165, 1.54) is 28.7 Å². The SMILES string of the molecule is CC(=O)NC1CCN(C(=O)Nc2ccc3c(c2C)c2ccccc2n3C(C)C)C1. The van der Waals surface area contributed by atoms with Crippen molar-refractivity contribution in [2.24, 2.45) is 0 Å². The van der Waals surface area contributed by atoms with E-state index in [0.717, 1.165) is 17.7 Å². The lowest BCUT2D eigenvalue weighted by atomic mass is 10.1. The lowest BCUT2D eigenvalue weighted by Gasteiger charge is -2.19. The summed E-state index contributed by atoms with van der Waals surface area (Å²) in [7, 11) is 0. The van der Waals surface area contributed by atoms with Crippen LogP contribution in [-0.4, -0.2) is 40.5 Å². The molecule has 1 aliphatic rings. The molecule has 0 saturated carbocycles. The van der Waals surface area contributed by atoms with Crippen molar-refractivity contribution in [2.75, 3.05) is 18.4 Å². The number of para-hydroxylation sites is 1. The molecule has 1 aromatic heterocycles. The topological polar surface area (TPSA) is 66.4 Å². The summed E-state index contributed by atoms with van der Waals surface area (Å²) in [6, 6.07) is 12.8. The van der Waals surface area contributed by atoms with Gasteiger partial charge in [-0.3, -0.25) is 4.79 Å². The van der Waals surface area contributed by atoms with Gasteiger partial charge >= 0.3 is 6.03 Å². The first-order valence-electron chi connectivity index (χ1n) is 10.2. The number of nitrogens with zero attached hydrogens (tertiary/aromatic N) is 2. The Morgan fingerprint density at radius 1 is 1.10 bits per heavy atom.